The summed E-state index contributed by atoms with van der Waals surface area (Å²) in [6, 6.07) is 0.586. The van der Waals surface area contributed by atoms with Crippen molar-refractivity contribution in [3.8, 4) is 0 Å². The average molecular weight is 195 g/mol. The van der Waals surface area contributed by atoms with E-state index in [1.54, 1.807) is 0 Å². The maximum absolute atomic E-state index is 5.78. The van der Waals surface area contributed by atoms with Gasteiger partial charge in [-0.25, -0.2) is 0 Å². The standard InChI is InChI=1S/C11H21N3/c1-8-3-5-9(6-4-8)10-7-13-11(12)14(10)2/h8-10H,3-7H2,1-2H3,(H2,12,13). The maximum Gasteiger partial charge on any atom is 0.191 e. The summed E-state index contributed by atoms with van der Waals surface area (Å²) < 4.78 is 0. The van der Waals surface area contributed by atoms with E-state index in [9.17, 15) is 0 Å². The van der Waals surface area contributed by atoms with Gasteiger partial charge in [0, 0.05) is 7.05 Å². The number of nitrogens with zero attached hydrogens (tertiary/aromatic N) is 2. The van der Waals surface area contributed by atoms with Crippen molar-refractivity contribution < 1.29 is 0 Å². The molecule has 3 nitrogen and oxygen atoms in total. The molecule has 0 radical (unpaired) electrons. The smallest absolute Gasteiger partial charge is 0.191 e. The van der Waals surface area contributed by atoms with Crippen LogP contribution >= 0.6 is 0 Å². The minimum absolute atomic E-state index is 0.586. The minimum atomic E-state index is 0.586. The Balaban J connectivity index is 1.91. The molecule has 1 unspecified atom stereocenters. The van der Waals surface area contributed by atoms with Crippen LogP contribution in [-0.4, -0.2) is 30.5 Å². The molecule has 2 aliphatic rings. The van der Waals surface area contributed by atoms with Crippen LogP contribution in [0.25, 0.3) is 0 Å². The van der Waals surface area contributed by atoms with Gasteiger partial charge in [-0.1, -0.05) is 19.8 Å². The predicted octanol–water partition coefficient (Wildman–Crippen LogP) is 1.44. The Morgan fingerprint density at radius 2 is 1.93 bits per heavy atom. The van der Waals surface area contributed by atoms with E-state index in [1.165, 1.54) is 25.7 Å². The van der Waals surface area contributed by atoms with Crippen LogP contribution in [0.3, 0.4) is 0 Å². The zero-order valence-corrected chi connectivity index (χ0v) is 9.24. The van der Waals surface area contributed by atoms with Gasteiger partial charge in [-0.3, -0.25) is 4.99 Å². The fraction of sp³-hybridized carbons (Fsp3) is 0.909. The van der Waals surface area contributed by atoms with Crippen LogP contribution in [0.2, 0.25) is 0 Å². The normalized spacial score (nSPS) is 38.6. The van der Waals surface area contributed by atoms with Crippen molar-refractivity contribution >= 4 is 5.96 Å². The summed E-state index contributed by atoms with van der Waals surface area (Å²) in [5.41, 5.74) is 5.78. The van der Waals surface area contributed by atoms with E-state index in [2.05, 4.69) is 23.9 Å². The Bertz CT molecular complexity index is 229. The van der Waals surface area contributed by atoms with Crippen LogP contribution in [0.15, 0.2) is 4.99 Å². The Hall–Kier alpha value is -0.730. The number of aliphatic imine (C=N–C) groups is 1. The number of hydrogen-bond acceptors (Lipinski definition) is 3. The van der Waals surface area contributed by atoms with Gasteiger partial charge in [0.05, 0.1) is 12.6 Å². The lowest BCUT2D eigenvalue weighted by molar-refractivity contribution is 0.196. The molecular formula is C11H21N3. The van der Waals surface area contributed by atoms with E-state index >= 15 is 0 Å². The van der Waals surface area contributed by atoms with Crippen molar-refractivity contribution in [3.05, 3.63) is 0 Å². The van der Waals surface area contributed by atoms with Crippen molar-refractivity contribution in [2.45, 2.75) is 38.6 Å². The Morgan fingerprint density at radius 1 is 1.29 bits per heavy atom. The molecule has 14 heavy (non-hydrogen) atoms. The number of nitrogens with two attached hydrogens (primary N) is 1. The number of rotatable bonds is 1. The first-order chi connectivity index (χ1) is 6.68. The zero-order valence-electron chi connectivity index (χ0n) is 9.24. The summed E-state index contributed by atoms with van der Waals surface area (Å²) in [5.74, 6) is 2.48. The van der Waals surface area contributed by atoms with Gasteiger partial charge in [0.2, 0.25) is 0 Å². The molecule has 0 aromatic carbocycles. The Labute approximate surface area is 86.4 Å². The fourth-order valence-corrected chi connectivity index (χ4v) is 2.73. The molecule has 1 aliphatic carbocycles. The summed E-state index contributed by atoms with van der Waals surface area (Å²) in [6.45, 7) is 3.28. The summed E-state index contributed by atoms with van der Waals surface area (Å²) in [5, 5.41) is 0. The molecule has 80 valence electrons. The van der Waals surface area contributed by atoms with E-state index in [-0.39, 0.29) is 0 Å². The third-order valence-electron chi connectivity index (χ3n) is 3.90. The molecular weight excluding hydrogens is 174 g/mol. The molecule has 0 spiro atoms. The molecule has 0 saturated heterocycles. The first-order valence-electron chi connectivity index (χ1n) is 5.71. The SMILES string of the molecule is CC1CCC(C2CN=C(N)N2C)CC1. The highest BCUT2D eigenvalue weighted by molar-refractivity contribution is 5.79. The van der Waals surface area contributed by atoms with E-state index in [0.717, 1.165) is 24.3 Å². The van der Waals surface area contributed by atoms with Gasteiger partial charge in [-0.2, -0.15) is 0 Å². The summed E-state index contributed by atoms with van der Waals surface area (Å²) in [6.07, 6.45) is 5.49. The highest BCUT2D eigenvalue weighted by Crippen LogP contribution is 2.33. The van der Waals surface area contributed by atoms with Gasteiger partial charge >= 0.3 is 0 Å². The van der Waals surface area contributed by atoms with Gasteiger partial charge in [-0.15, -0.1) is 0 Å². The van der Waals surface area contributed by atoms with Gasteiger partial charge in [0.15, 0.2) is 5.96 Å². The largest absolute Gasteiger partial charge is 0.370 e. The second-order valence-electron chi connectivity index (χ2n) is 4.90. The second kappa shape index (κ2) is 3.79. The third kappa shape index (κ3) is 1.72. The zero-order chi connectivity index (χ0) is 10.1. The van der Waals surface area contributed by atoms with E-state index in [1.807, 2.05) is 0 Å². The third-order valence-corrected chi connectivity index (χ3v) is 3.90. The highest BCUT2D eigenvalue weighted by Gasteiger charge is 2.32. The van der Waals surface area contributed by atoms with Crippen molar-refractivity contribution in [1.29, 1.82) is 0 Å². The molecule has 0 amide bonds. The van der Waals surface area contributed by atoms with Crippen LogP contribution in [-0.2, 0) is 0 Å². The monoisotopic (exact) mass is 195 g/mol. The van der Waals surface area contributed by atoms with Gasteiger partial charge in [0.1, 0.15) is 0 Å². The lowest BCUT2D eigenvalue weighted by Gasteiger charge is -2.34. The Kier molecular flexibility index (Phi) is 2.66. The first kappa shape index (κ1) is 9.81. The van der Waals surface area contributed by atoms with Gasteiger partial charge in [-0.05, 0) is 24.7 Å². The molecule has 1 atom stereocenters. The lowest BCUT2D eigenvalue weighted by atomic mass is 9.79. The fourth-order valence-electron chi connectivity index (χ4n) is 2.73. The average Bonchev–Trinajstić information content (AvgIpc) is 2.50. The van der Waals surface area contributed by atoms with Gasteiger partial charge in [0.25, 0.3) is 0 Å². The van der Waals surface area contributed by atoms with Crippen molar-refractivity contribution in [2.75, 3.05) is 13.6 Å². The number of likely N-dealkylation sites (N-methyl/N-ethyl adjacent to an activating group) is 1. The molecule has 0 bridgehead atoms. The van der Waals surface area contributed by atoms with Crippen LogP contribution in [0.4, 0.5) is 0 Å². The van der Waals surface area contributed by atoms with Gasteiger partial charge < -0.3 is 10.6 Å². The lowest BCUT2D eigenvalue weighted by Crippen LogP contribution is -2.42. The highest BCUT2D eigenvalue weighted by atomic mass is 15.3. The molecule has 1 fully saturated rings. The molecule has 2 rings (SSSR count). The van der Waals surface area contributed by atoms with Crippen molar-refractivity contribution in [1.82, 2.24) is 4.90 Å². The second-order valence-corrected chi connectivity index (χ2v) is 4.90. The van der Waals surface area contributed by atoms with Crippen LogP contribution in [0, 0.1) is 11.8 Å². The van der Waals surface area contributed by atoms with Crippen LogP contribution in [0.5, 0.6) is 0 Å². The number of guanidine groups is 1. The summed E-state index contributed by atoms with van der Waals surface area (Å²) in [4.78, 5) is 6.48. The molecule has 0 aromatic rings. The van der Waals surface area contributed by atoms with E-state index in [0.29, 0.717) is 6.04 Å². The van der Waals surface area contributed by atoms with Crippen LogP contribution in [0.1, 0.15) is 32.6 Å². The molecule has 0 aromatic heterocycles. The summed E-state index contributed by atoms with van der Waals surface area (Å²) >= 11 is 0. The Morgan fingerprint density at radius 3 is 2.43 bits per heavy atom. The van der Waals surface area contributed by atoms with Crippen molar-refractivity contribution in [2.24, 2.45) is 22.6 Å². The molecule has 1 saturated carbocycles. The molecule has 1 heterocycles. The van der Waals surface area contributed by atoms with Crippen molar-refractivity contribution in [3.63, 3.8) is 0 Å². The van der Waals surface area contributed by atoms with Crippen LogP contribution < -0.4 is 5.73 Å². The quantitative estimate of drug-likeness (QED) is 0.688. The molecule has 3 heteroatoms. The molecule has 2 N–H and O–H groups in total. The van der Waals surface area contributed by atoms with E-state index < -0.39 is 0 Å². The maximum atomic E-state index is 5.78. The van der Waals surface area contributed by atoms with E-state index in [4.69, 9.17) is 5.73 Å². The molecule has 1 aliphatic heterocycles. The first-order valence-corrected chi connectivity index (χ1v) is 5.71. The number of hydrogen-bond donors (Lipinski definition) is 1. The topological polar surface area (TPSA) is 41.6 Å². The summed E-state index contributed by atoms with van der Waals surface area (Å²) in [7, 11) is 2.08. The predicted molar refractivity (Wildman–Crippen MR) is 59.2 cm³/mol. The minimum Gasteiger partial charge on any atom is -0.370 e.